The van der Waals surface area contributed by atoms with Gasteiger partial charge in [-0.1, -0.05) is 30.3 Å². The van der Waals surface area contributed by atoms with Gasteiger partial charge in [-0.3, -0.25) is 9.20 Å². The van der Waals surface area contributed by atoms with Gasteiger partial charge in [-0.2, -0.15) is 0 Å². The van der Waals surface area contributed by atoms with E-state index in [-0.39, 0.29) is 0 Å². The van der Waals surface area contributed by atoms with Crippen LogP contribution in [0.15, 0.2) is 35.3 Å². The predicted molar refractivity (Wildman–Crippen MR) is 76.1 cm³/mol. The summed E-state index contributed by atoms with van der Waals surface area (Å²) < 4.78 is 11.9. The Balaban J connectivity index is 1.66. The van der Waals surface area contributed by atoms with Crippen molar-refractivity contribution in [2.75, 3.05) is 18.8 Å². The minimum atomic E-state index is -0.825. The van der Waals surface area contributed by atoms with Crippen LogP contribution in [0.25, 0.3) is 0 Å². The zero-order chi connectivity index (χ0) is 12.8. The molecular formula is C13H19N3OS. The number of nitrogens with zero attached hydrogens (tertiary/aromatic N) is 1. The van der Waals surface area contributed by atoms with Gasteiger partial charge in [0.1, 0.15) is 0 Å². The molecule has 0 spiro atoms. The van der Waals surface area contributed by atoms with Crippen molar-refractivity contribution in [3.8, 4) is 0 Å². The maximum atomic E-state index is 11.9. The number of nitrogens with one attached hydrogen (secondary N) is 2. The summed E-state index contributed by atoms with van der Waals surface area (Å²) in [4.78, 5) is 4.29. The van der Waals surface area contributed by atoms with E-state index in [1.165, 1.54) is 0 Å². The molecule has 0 amide bonds. The largest absolute Gasteiger partial charge is 0.355 e. The fourth-order valence-electron chi connectivity index (χ4n) is 1.78. The van der Waals surface area contributed by atoms with Crippen LogP contribution >= 0.6 is 0 Å². The molecule has 0 saturated carbocycles. The number of rotatable bonds is 5. The second-order valence-corrected chi connectivity index (χ2v) is 6.01. The van der Waals surface area contributed by atoms with Crippen LogP contribution in [0, 0.1) is 0 Å². The Labute approximate surface area is 110 Å². The first-order valence-electron chi connectivity index (χ1n) is 6.18. The van der Waals surface area contributed by atoms with Crippen molar-refractivity contribution >= 4 is 16.8 Å². The predicted octanol–water partition coefficient (Wildman–Crippen LogP) is 0.873. The maximum Gasteiger partial charge on any atom is 0.191 e. The van der Waals surface area contributed by atoms with Crippen molar-refractivity contribution in [1.29, 1.82) is 0 Å². The Morgan fingerprint density at radius 1 is 1.44 bits per heavy atom. The molecule has 0 radical (unpaired) electrons. The van der Waals surface area contributed by atoms with Crippen LogP contribution in [0.3, 0.4) is 0 Å². The molecule has 0 fully saturated rings. The monoisotopic (exact) mass is 265 g/mol. The van der Waals surface area contributed by atoms with Gasteiger partial charge >= 0.3 is 0 Å². The van der Waals surface area contributed by atoms with Gasteiger partial charge in [0, 0.05) is 34.9 Å². The minimum Gasteiger partial charge on any atom is -0.355 e. The van der Waals surface area contributed by atoms with Crippen LogP contribution < -0.4 is 10.6 Å². The van der Waals surface area contributed by atoms with E-state index in [0.717, 1.165) is 18.1 Å². The molecule has 18 heavy (non-hydrogen) atoms. The molecule has 0 aromatic heterocycles. The summed E-state index contributed by atoms with van der Waals surface area (Å²) in [6, 6.07) is 10.3. The highest BCUT2D eigenvalue weighted by Crippen LogP contribution is 2.02. The molecule has 1 aromatic carbocycles. The van der Waals surface area contributed by atoms with Gasteiger partial charge in [-0.25, -0.2) is 0 Å². The van der Waals surface area contributed by atoms with Crippen LogP contribution in [-0.4, -0.2) is 35.1 Å². The first-order chi connectivity index (χ1) is 8.74. The van der Waals surface area contributed by atoms with Crippen molar-refractivity contribution in [3.05, 3.63) is 35.9 Å². The van der Waals surface area contributed by atoms with Gasteiger partial charge in [0.25, 0.3) is 0 Å². The molecular weight excluding hydrogens is 246 g/mol. The summed E-state index contributed by atoms with van der Waals surface area (Å²) >= 11 is 0. The Hall–Kier alpha value is -1.36. The van der Waals surface area contributed by atoms with Crippen molar-refractivity contribution in [2.24, 2.45) is 4.99 Å². The molecule has 1 aromatic rings. The van der Waals surface area contributed by atoms with Crippen LogP contribution in [0.4, 0.5) is 0 Å². The molecule has 2 rings (SSSR count). The van der Waals surface area contributed by atoms with Crippen molar-refractivity contribution in [2.45, 2.75) is 18.7 Å². The normalized spacial score (nSPS) is 20.1. The number of hydrogen-bond acceptors (Lipinski definition) is 4. The smallest absolute Gasteiger partial charge is 0.191 e. The van der Waals surface area contributed by atoms with Crippen LogP contribution in [0.2, 0.25) is 0 Å². The summed E-state index contributed by atoms with van der Waals surface area (Å²) in [5.41, 5.74) is 1.13. The molecule has 5 heteroatoms. The van der Waals surface area contributed by atoms with E-state index in [1.54, 1.807) is 0 Å². The van der Waals surface area contributed by atoms with Crippen LogP contribution in [-0.2, 0) is 16.6 Å². The molecule has 2 N–H and O–H groups in total. The number of guanidine groups is 1. The zero-order valence-electron chi connectivity index (χ0n) is 10.6. The van der Waals surface area contributed by atoms with Gasteiger partial charge in [0.15, 0.2) is 5.96 Å². The van der Waals surface area contributed by atoms with Crippen molar-refractivity contribution in [1.82, 2.24) is 10.6 Å². The minimum absolute atomic E-state index is 0.405. The van der Waals surface area contributed by atoms with E-state index in [0.29, 0.717) is 24.1 Å². The molecule has 0 saturated heterocycles. The highest BCUT2D eigenvalue weighted by atomic mass is 32.2. The summed E-state index contributed by atoms with van der Waals surface area (Å²) in [5.74, 6) is 2.10. The second kappa shape index (κ2) is 6.54. The van der Waals surface area contributed by atoms with Crippen LogP contribution in [0.1, 0.15) is 12.5 Å². The third kappa shape index (κ3) is 4.14. The SMILES string of the molecule is CC1CN=C(NCCS(=O)Cc2ccccc2)N1. The average molecular weight is 265 g/mol. The summed E-state index contributed by atoms with van der Waals surface area (Å²) in [7, 11) is -0.825. The van der Waals surface area contributed by atoms with Gasteiger partial charge in [-0.15, -0.1) is 0 Å². The fourth-order valence-corrected chi connectivity index (χ4v) is 2.81. The van der Waals surface area contributed by atoms with E-state index in [2.05, 4.69) is 22.5 Å². The maximum absolute atomic E-state index is 11.9. The van der Waals surface area contributed by atoms with Crippen molar-refractivity contribution < 1.29 is 4.21 Å². The molecule has 4 nitrogen and oxygen atoms in total. The number of hydrogen-bond donors (Lipinski definition) is 2. The second-order valence-electron chi connectivity index (χ2n) is 4.44. The summed E-state index contributed by atoms with van der Waals surface area (Å²) in [5, 5.41) is 6.39. The van der Waals surface area contributed by atoms with Crippen molar-refractivity contribution in [3.63, 3.8) is 0 Å². The van der Waals surface area contributed by atoms with Crippen LogP contribution in [0.5, 0.6) is 0 Å². The molecule has 2 unspecified atom stereocenters. The summed E-state index contributed by atoms with van der Waals surface area (Å²) in [6.07, 6.45) is 0. The third-order valence-electron chi connectivity index (χ3n) is 2.70. The Kier molecular flexibility index (Phi) is 4.75. The molecule has 0 aliphatic carbocycles. The first kappa shape index (κ1) is 13.1. The van der Waals surface area contributed by atoms with E-state index >= 15 is 0 Å². The quantitative estimate of drug-likeness (QED) is 0.831. The molecule has 0 bridgehead atoms. The lowest BCUT2D eigenvalue weighted by atomic mass is 10.2. The van der Waals surface area contributed by atoms with E-state index in [9.17, 15) is 4.21 Å². The van der Waals surface area contributed by atoms with Gasteiger partial charge in [-0.05, 0) is 12.5 Å². The van der Waals surface area contributed by atoms with Gasteiger partial charge < -0.3 is 10.6 Å². The zero-order valence-corrected chi connectivity index (χ0v) is 11.4. The van der Waals surface area contributed by atoms with E-state index in [1.807, 2.05) is 30.3 Å². The van der Waals surface area contributed by atoms with E-state index < -0.39 is 10.8 Å². The lowest BCUT2D eigenvalue weighted by molar-refractivity contribution is 0.680. The highest BCUT2D eigenvalue weighted by molar-refractivity contribution is 7.84. The summed E-state index contributed by atoms with van der Waals surface area (Å²) in [6.45, 7) is 3.60. The Morgan fingerprint density at radius 2 is 2.22 bits per heavy atom. The first-order valence-corrected chi connectivity index (χ1v) is 7.66. The number of benzene rings is 1. The molecule has 1 heterocycles. The van der Waals surface area contributed by atoms with Gasteiger partial charge in [0.05, 0.1) is 6.54 Å². The lowest BCUT2D eigenvalue weighted by Crippen LogP contribution is -2.39. The van der Waals surface area contributed by atoms with Gasteiger partial charge in [0.2, 0.25) is 0 Å². The third-order valence-corrected chi connectivity index (χ3v) is 4.01. The van der Waals surface area contributed by atoms with E-state index in [4.69, 9.17) is 0 Å². The molecule has 1 aliphatic rings. The topological polar surface area (TPSA) is 53.5 Å². The standard InChI is InChI=1S/C13H19N3OS/c1-11-9-15-13(16-11)14-7-8-18(17)10-12-5-3-2-4-6-12/h2-6,11H,7-10H2,1H3,(H2,14,15,16). The molecule has 1 aliphatic heterocycles. The molecule has 2 atom stereocenters. The number of aliphatic imine (C=N–C) groups is 1. The Morgan fingerprint density at radius 3 is 2.89 bits per heavy atom. The lowest BCUT2D eigenvalue weighted by Gasteiger charge is -2.08. The highest BCUT2D eigenvalue weighted by Gasteiger charge is 2.11. The average Bonchev–Trinajstić information content (AvgIpc) is 2.76. The molecule has 98 valence electrons. The Bertz CT molecular complexity index is 433. The fraction of sp³-hybridized carbons (Fsp3) is 0.462.